The maximum Gasteiger partial charge on any atom is 0.0963 e. The molecule has 0 saturated heterocycles. The van der Waals surface area contributed by atoms with Crippen LogP contribution in [0.5, 0.6) is 0 Å². The molecule has 0 aliphatic heterocycles. The molecule has 0 bridgehead atoms. The number of ether oxygens (including phenoxy) is 1. The maximum atomic E-state index is 5.51. The molecule has 0 aliphatic carbocycles. The summed E-state index contributed by atoms with van der Waals surface area (Å²) in [5.74, 6) is 0.689. The first kappa shape index (κ1) is 9.58. The molecule has 0 unspecified atom stereocenters. The highest BCUT2D eigenvalue weighted by Gasteiger charge is 1.93. The molecule has 0 atom stereocenters. The lowest BCUT2D eigenvalue weighted by Crippen LogP contribution is -1.95. The number of hydrogen-bond acceptors (Lipinski definition) is 3. The zero-order valence-electron chi connectivity index (χ0n) is 7.12. The number of hydrogen-bond donors (Lipinski definition) is 1. The van der Waals surface area contributed by atoms with Gasteiger partial charge in [-0.2, -0.15) is 0 Å². The standard InChI is InChI=1S/C9H13NOS/c1-11-7-12-9-4-2-3-8(5-9)6-10/h2-5H,6-7,10H2,1H3. The van der Waals surface area contributed by atoms with E-state index in [0.29, 0.717) is 12.5 Å². The zero-order chi connectivity index (χ0) is 8.81. The zero-order valence-corrected chi connectivity index (χ0v) is 7.93. The van der Waals surface area contributed by atoms with E-state index in [4.69, 9.17) is 10.5 Å². The second-order valence-electron chi connectivity index (χ2n) is 2.40. The van der Waals surface area contributed by atoms with Crippen molar-refractivity contribution in [3.8, 4) is 0 Å². The Bertz CT molecular complexity index is 240. The largest absolute Gasteiger partial charge is 0.374 e. The normalized spacial score (nSPS) is 10.2. The second-order valence-corrected chi connectivity index (χ2v) is 3.40. The molecule has 66 valence electrons. The van der Waals surface area contributed by atoms with Gasteiger partial charge in [0.1, 0.15) is 0 Å². The van der Waals surface area contributed by atoms with Gasteiger partial charge in [-0.1, -0.05) is 23.9 Å². The molecule has 0 aliphatic rings. The molecule has 1 aromatic carbocycles. The Morgan fingerprint density at radius 2 is 2.33 bits per heavy atom. The minimum atomic E-state index is 0.599. The number of methoxy groups -OCH3 is 1. The van der Waals surface area contributed by atoms with Crippen LogP contribution in [0.15, 0.2) is 29.2 Å². The Morgan fingerprint density at radius 1 is 1.50 bits per heavy atom. The second kappa shape index (κ2) is 5.19. The van der Waals surface area contributed by atoms with Crippen molar-refractivity contribution in [3.63, 3.8) is 0 Å². The summed E-state index contributed by atoms with van der Waals surface area (Å²) in [5, 5.41) is 0. The number of thioether (sulfide) groups is 1. The molecule has 1 rings (SSSR count). The van der Waals surface area contributed by atoms with Crippen LogP contribution < -0.4 is 5.73 Å². The van der Waals surface area contributed by atoms with E-state index >= 15 is 0 Å². The van der Waals surface area contributed by atoms with Crippen molar-refractivity contribution < 1.29 is 4.74 Å². The van der Waals surface area contributed by atoms with E-state index in [1.54, 1.807) is 18.9 Å². The lowest BCUT2D eigenvalue weighted by atomic mass is 10.2. The van der Waals surface area contributed by atoms with Gasteiger partial charge in [0.2, 0.25) is 0 Å². The van der Waals surface area contributed by atoms with E-state index in [-0.39, 0.29) is 0 Å². The molecule has 0 heterocycles. The van der Waals surface area contributed by atoms with Crippen LogP contribution in [-0.4, -0.2) is 13.0 Å². The first-order chi connectivity index (χ1) is 5.86. The lowest BCUT2D eigenvalue weighted by molar-refractivity contribution is 0.259. The highest BCUT2D eigenvalue weighted by molar-refractivity contribution is 7.99. The van der Waals surface area contributed by atoms with Crippen molar-refractivity contribution in [1.82, 2.24) is 0 Å². The Kier molecular flexibility index (Phi) is 4.14. The van der Waals surface area contributed by atoms with Crippen LogP contribution in [0.2, 0.25) is 0 Å². The quantitative estimate of drug-likeness (QED) is 0.571. The van der Waals surface area contributed by atoms with E-state index in [1.165, 1.54) is 4.90 Å². The third-order valence-corrected chi connectivity index (χ3v) is 2.42. The van der Waals surface area contributed by atoms with Crippen LogP contribution in [-0.2, 0) is 11.3 Å². The average Bonchev–Trinajstić information content (AvgIpc) is 2.15. The molecule has 0 aromatic heterocycles. The first-order valence-corrected chi connectivity index (χ1v) is 4.76. The van der Waals surface area contributed by atoms with E-state index in [1.807, 2.05) is 12.1 Å². The van der Waals surface area contributed by atoms with E-state index in [0.717, 1.165) is 5.56 Å². The summed E-state index contributed by atoms with van der Waals surface area (Å²) in [6.07, 6.45) is 0. The number of nitrogens with two attached hydrogens (primary N) is 1. The fraction of sp³-hybridized carbons (Fsp3) is 0.333. The molecule has 0 radical (unpaired) electrons. The predicted octanol–water partition coefficient (Wildman–Crippen LogP) is 1.84. The summed E-state index contributed by atoms with van der Waals surface area (Å²) in [7, 11) is 1.69. The molecule has 0 amide bonds. The summed E-state index contributed by atoms with van der Waals surface area (Å²) in [5.41, 5.74) is 6.67. The summed E-state index contributed by atoms with van der Waals surface area (Å²) < 4.78 is 4.95. The maximum absolute atomic E-state index is 5.51. The fourth-order valence-corrected chi connectivity index (χ4v) is 1.55. The van der Waals surface area contributed by atoms with Crippen molar-refractivity contribution >= 4 is 11.8 Å². The van der Waals surface area contributed by atoms with Gasteiger partial charge in [0, 0.05) is 18.6 Å². The molecule has 2 nitrogen and oxygen atoms in total. The van der Waals surface area contributed by atoms with Gasteiger partial charge < -0.3 is 10.5 Å². The molecular formula is C9H13NOS. The highest BCUT2D eigenvalue weighted by atomic mass is 32.2. The third-order valence-electron chi connectivity index (χ3n) is 1.48. The van der Waals surface area contributed by atoms with Crippen molar-refractivity contribution in [2.45, 2.75) is 11.4 Å². The molecule has 2 N–H and O–H groups in total. The van der Waals surface area contributed by atoms with Gasteiger partial charge in [-0.25, -0.2) is 0 Å². The Hall–Kier alpha value is -0.510. The Labute approximate surface area is 77.1 Å². The van der Waals surface area contributed by atoms with E-state index < -0.39 is 0 Å². The summed E-state index contributed by atoms with van der Waals surface area (Å²) >= 11 is 1.67. The van der Waals surface area contributed by atoms with Crippen LogP contribution in [0, 0.1) is 0 Å². The van der Waals surface area contributed by atoms with Gasteiger partial charge in [0.15, 0.2) is 0 Å². The predicted molar refractivity (Wildman–Crippen MR) is 52.1 cm³/mol. The fourth-order valence-electron chi connectivity index (χ4n) is 0.889. The minimum Gasteiger partial charge on any atom is -0.374 e. The molecule has 0 spiro atoms. The van der Waals surface area contributed by atoms with Gasteiger partial charge in [-0.15, -0.1) is 0 Å². The van der Waals surface area contributed by atoms with Crippen molar-refractivity contribution in [1.29, 1.82) is 0 Å². The highest BCUT2D eigenvalue weighted by Crippen LogP contribution is 2.18. The van der Waals surface area contributed by atoms with Crippen molar-refractivity contribution in [2.24, 2.45) is 5.73 Å². The van der Waals surface area contributed by atoms with Gasteiger partial charge in [0.05, 0.1) is 5.94 Å². The molecule has 1 aromatic rings. The number of rotatable bonds is 4. The van der Waals surface area contributed by atoms with Gasteiger partial charge in [0.25, 0.3) is 0 Å². The molecule has 3 heteroatoms. The van der Waals surface area contributed by atoms with Gasteiger partial charge >= 0.3 is 0 Å². The molecule has 0 fully saturated rings. The molecular weight excluding hydrogens is 170 g/mol. The molecule has 0 saturated carbocycles. The Balaban J connectivity index is 2.60. The van der Waals surface area contributed by atoms with Crippen LogP contribution in [0.1, 0.15) is 5.56 Å². The van der Waals surface area contributed by atoms with Crippen LogP contribution in [0.3, 0.4) is 0 Å². The smallest absolute Gasteiger partial charge is 0.0963 e. The minimum absolute atomic E-state index is 0.599. The van der Waals surface area contributed by atoms with Crippen LogP contribution >= 0.6 is 11.8 Å². The topological polar surface area (TPSA) is 35.2 Å². The summed E-state index contributed by atoms with van der Waals surface area (Å²) in [6, 6.07) is 8.18. The van der Waals surface area contributed by atoms with Crippen molar-refractivity contribution in [3.05, 3.63) is 29.8 Å². The summed E-state index contributed by atoms with van der Waals surface area (Å²) in [4.78, 5) is 1.21. The van der Waals surface area contributed by atoms with Gasteiger partial charge in [-0.3, -0.25) is 0 Å². The van der Waals surface area contributed by atoms with Gasteiger partial charge in [-0.05, 0) is 17.7 Å². The lowest BCUT2D eigenvalue weighted by Gasteiger charge is -2.01. The number of benzene rings is 1. The Morgan fingerprint density at radius 3 is 3.00 bits per heavy atom. The first-order valence-electron chi connectivity index (χ1n) is 3.77. The van der Waals surface area contributed by atoms with E-state index in [2.05, 4.69) is 12.1 Å². The van der Waals surface area contributed by atoms with Crippen LogP contribution in [0.25, 0.3) is 0 Å². The van der Waals surface area contributed by atoms with Crippen LogP contribution in [0.4, 0.5) is 0 Å². The SMILES string of the molecule is COCSc1cccc(CN)c1. The molecule has 12 heavy (non-hydrogen) atoms. The van der Waals surface area contributed by atoms with Crippen molar-refractivity contribution in [2.75, 3.05) is 13.0 Å². The monoisotopic (exact) mass is 183 g/mol. The van der Waals surface area contributed by atoms with E-state index in [9.17, 15) is 0 Å². The third kappa shape index (κ3) is 2.85. The summed E-state index contributed by atoms with van der Waals surface area (Å²) in [6.45, 7) is 0.599. The average molecular weight is 183 g/mol.